The topological polar surface area (TPSA) is 50.4 Å². The highest BCUT2D eigenvalue weighted by Crippen LogP contribution is 2.09. The first-order chi connectivity index (χ1) is 9.13. The molecule has 4 heteroatoms. The zero-order valence-electron chi connectivity index (χ0n) is 12.1. The Balaban J connectivity index is 2.20. The predicted molar refractivity (Wildman–Crippen MR) is 77.1 cm³/mol. The van der Waals surface area contributed by atoms with Crippen molar-refractivity contribution in [2.45, 2.75) is 26.8 Å². The molecule has 19 heavy (non-hydrogen) atoms. The molecule has 0 spiro atoms. The summed E-state index contributed by atoms with van der Waals surface area (Å²) in [6, 6.07) is 6.42. The van der Waals surface area contributed by atoms with Gasteiger partial charge in [0.25, 0.3) is 0 Å². The first kappa shape index (κ1) is 15.7. The summed E-state index contributed by atoms with van der Waals surface area (Å²) in [5, 5.41) is 6.10. The number of carbonyl (C=O) groups is 1. The number of carbonyl (C=O) groups excluding carboxylic acids is 1. The highest BCUT2D eigenvalue weighted by atomic mass is 16.5. The summed E-state index contributed by atoms with van der Waals surface area (Å²) >= 11 is 0. The summed E-state index contributed by atoms with van der Waals surface area (Å²) in [4.78, 5) is 11.4. The second kappa shape index (κ2) is 8.67. The number of hydrogen-bond acceptors (Lipinski definition) is 3. The molecule has 0 saturated carbocycles. The van der Waals surface area contributed by atoms with Crippen LogP contribution in [0.3, 0.4) is 0 Å². The maximum atomic E-state index is 11.4. The minimum Gasteiger partial charge on any atom is -0.383 e. The summed E-state index contributed by atoms with van der Waals surface area (Å²) < 4.78 is 4.87. The van der Waals surface area contributed by atoms with Crippen LogP contribution >= 0.6 is 0 Å². The van der Waals surface area contributed by atoms with Crippen LogP contribution < -0.4 is 10.6 Å². The van der Waals surface area contributed by atoms with E-state index in [2.05, 4.69) is 42.7 Å². The van der Waals surface area contributed by atoms with Gasteiger partial charge in [0.15, 0.2) is 0 Å². The van der Waals surface area contributed by atoms with Crippen LogP contribution in [0.5, 0.6) is 0 Å². The molecule has 4 nitrogen and oxygen atoms in total. The van der Waals surface area contributed by atoms with Gasteiger partial charge in [0, 0.05) is 33.2 Å². The number of rotatable bonds is 8. The second-order valence-corrected chi connectivity index (χ2v) is 4.70. The van der Waals surface area contributed by atoms with Crippen LogP contribution in [0, 0.1) is 13.8 Å². The molecule has 0 aromatic heterocycles. The highest BCUT2D eigenvalue weighted by Gasteiger charge is 2.01. The third kappa shape index (κ3) is 6.36. The summed E-state index contributed by atoms with van der Waals surface area (Å²) in [6.45, 7) is 6.82. The van der Waals surface area contributed by atoms with E-state index in [1.165, 1.54) is 16.7 Å². The van der Waals surface area contributed by atoms with Crippen LogP contribution in [-0.4, -0.2) is 32.7 Å². The van der Waals surface area contributed by atoms with Crippen molar-refractivity contribution in [3.8, 4) is 0 Å². The molecule has 1 aromatic rings. The fourth-order valence-corrected chi connectivity index (χ4v) is 1.80. The van der Waals surface area contributed by atoms with E-state index in [-0.39, 0.29) is 5.91 Å². The number of ether oxygens (including phenoxy) is 1. The lowest BCUT2D eigenvalue weighted by molar-refractivity contribution is -0.121. The van der Waals surface area contributed by atoms with Gasteiger partial charge < -0.3 is 15.4 Å². The Labute approximate surface area is 115 Å². The normalized spacial score (nSPS) is 10.5. The molecule has 0 radical (unpaired) electrons. The molecule has 0 aliphatic heterocycles. The zero-order valence-corrected chi connectivity index (χ0v) is 12.1. The highest BCUT2D eigenvalue weighted by molar-refractivity contribution is 5.76. The number of methoxy groups -OCH3 is 1. The minimum atomic E-state index is 0.0607. The molecular formula is C15H24N2O2. The first-order valence-corrected chi connectivity index (χ1v) is 6.66. The van der Waals surface area contributed by atoms with E-state index in [1.54, 1.807) is 7.11 Å². The van der Waals surface area contributed by atoms with Gasteiger partial charge in [-0.1, -0.05) is 23.8 Å². The lowest BCUT2D eigenvalue weighted by Gasteiger charge is -2.09. The Kier molecular flexibility index (Phi) is 7.15. The molecule has 0 fully saturated rings. The van der Waals surface area contributed by atoms with Gasteiger partial charge in [-0.05, 0) is 25.0 Å². The fraction of sp³-hybridized carbons (Fsp3) is 0.533. The SMILES string of the molecule is COCCNC(=O)CCNCc1cc(C)ccc1C. The molecule has 0 unspecified atom stereocenters. The maximum Gasteiger partial charge on any atom is 0.221 e. The monoisotopic (exact) mass is 264 g/mol. The molecule has 1 amide bonds. The van der Waals surface area contributed by atoms with Crippen LogP contribution in [0.25, 0.3) is 0 Å². The van der Waals surface area contributed by atoms with Crippen molar-refractivity contribution in [2.75, 3.05) is 26.8 Å². The van der Waals surface area contributed by atoms with E-state index in [1.807, 2.05) is 0 Å². The van der Waals surface area contributed by atoms with Gasteiger partial charge in [-0.15, -0.1) is 0 Å². The van der Waals surface area contributed by atoms with Gasteiger partial charge in [0.05, 0.1) is 6.61 Å². The molecule has 1 aromatic carbocycles. The summed E-state index contributed by atoms with van der Waals surface area (Å²) in [5.74, 6) is 0.0607. The summed E-state index contributed by atoms with van der Waals surface area (Å²) in [6.07, 6.45) is 0.495. The zero-order chi connectivity index (χ0) is 14.1. The van der Waals surface area contributed by atoms with Crippen molar-refractivity contribution in [3.05, 3.63) is 34.9 Å². The van der Waals surface area contributed by atoms with Gasteiger partial charge in [0.1, 0.15) is 0 Å². The van der Waals surface area contributed by atoms with Crippen molar-refractivity contribution in [2.24, 2.45) is 0 Å². The van der Waals surface area contributed by atoms with Crippen LogP contribution in [0.2, 0.25) is 0 Å². The van der Waals surface area contributed by atoms with Crippen molar-refractivity contribution < 1.29 is 9.53 Å². The first-order valence-electron chi connectivity index (χ1n) is 6.66. The molecule has 2 N–H and O–H groups in total. The van der Waals surface area contributed by atoms with Gasteiger partial charge in [-0.2, -0.15) is 0 Å². The molecular weight excluding hydrogens is 240 g/mol. The number of nitrogens with one attached hydrogen (secondary N) is 2. The Morgan fingerprint density at radius 1 is 1.26 bits per heavy atom. The molecule has 0 bridgehead atoms. The summed E-state index contributed by atoms with van der Waals surface area (Å²) in [5.41, 5.74) is 3.84. The van der Waals surface area contributed by atoms with Crippen molar-refractivity contribution in [1.29, 1.82) is 0 Å². The quantitative estimate of drug-likeness (QED) is 0.700. The van der Waals surface area contributed by atoms with E-state index in [0.717, 1.165) is 6.54 Å². The van der Waals surface area contributed by atoms with Gasteiger partial charge >= 0.3 is 0 Å². The average molecular weight is 264 g/mol. The lowest BCUT2D eigenvalue weighted by Crippen LogP contribution is -2.30. The summed E-state index contributed by atoms with van der Waals surface area (Å²) in [7, 11) is 1.62. The van der Waals surface area contributed by atoms with Crippen molar-refractivity contribution in [1.82, 2.24) is 10.6 Å². The molecule has 106 valence electrons. The van der Waals surface area contributed by atoms with E-state index in [9.17, 15) is 4.79 Å². The largest absolute Gasteiger partial charge is 0.383 e. The van der Waals surface area contributed by atoms with Crippen LogP contribution in [0.15, 0.2) is 18.2 Å². The Morgan fingerprint density at radius 2 is 2.05 bits per heavy atom. The van der Waals surface area contributed by atoms with Crippen LogP contribution in [0.1, 0.15) is 23.1 Å². The molecule has 0 aliphatic carbocycles. The fourth-order valence-electron chi connectivity index (χ4n) is 1.80. The Bertz CT molecular complexity index is 405. The van der Waals surface area contributed by atoms with Gasteiger partial charge in [0.2, 0.25) is 5.91 Å². The average Bonchev–Trinajstić information content (AvgIpc) is 2.39. The third-order valence-corrected chi connectivity index (χ3v) is 2.98. The molecule has 1 rings (SSSR count). The van der Waals surface area contributed by atoms with Crippen molar-refractivity contribution in [3.63, 3.8) is 0 Å². The van der Waals surface area contributed by atoms with E-state index in [0.29, 0.717) is 26.1 Å². The number of amides is 1. The van der Waals surface area contributed by atoms with Crippen molar-refractivity contribution >= 4 is 5.91 Å². The van der Waals surface area contributed by atoms with Gasteiger partial charge in [-0.25, -0.2) is 0 Å². The molecule has 0 heterocycles. The molecule has 0 aliphatic rings. The van der Waals surface area contributed by atoms with E-state index < -0.39 is 0 Å². The van der Waals surface area contributed by atoms with E-state index in [4.69, 9.17) is 4.74 Å². The number of hydrogen-bond donors (Lipinski definition) is 2. The number of aryl methyl sites for hydroxylation is 2. The second-order valence-electron chi connectivity index (χ2n) is 4.70. The minimum absolute atomic E-state index is 0.0607. The Hall–Kier alpha value is -1.39. The van der Waals surface area contributed by atoms with Crippen LogP contribution in [-0.2, 0) is 16.1 Å². The lowest BCUT2D eigenvalue weighted by atomic mass is 10.1. The van der Waals surface area contributed by atoms with Crippen LogP contribution in [0.4, 0.5) is 0 Å². The number of benzene rings is 1. The maximum absolute atomic E-state index is 11.4. The standard InChI is InChI=1S/C15H24N2O2/c1-12-4-5-13(2)14(10-12)11-16-7-6-15(18)17-8-9-19-3/h4-5,10,16H,6-9,11H2,1-3H3,(H,17,18). The van der Waals surface area contributed by atoms with Gasteiger partial charge in [-0.3, -0.25) is 4.79 Å². The molecule has 0 atom stereocenters. The van der Waals surface area contributed by atoms with E-state index >= 15 is 0 Å². The smallest absolute Gasteiger partial charge is 0.221 e. The molecule has 0 saturated heterocycles. The third-order valence-electron chi connectivity index (χ3n) is 2.98. The predicted octanol–water partition coefficient (Wildman–Crippen LogP) is 1.55. The Morgan fingerprint density at radius 3 is 2.79 bits per heavy atom.